The summed E-state index contributed by atoms with van der Waals surface area (Å²) >= 11 is 0. The van der Waals surface area contributed by atoms with E-state index in [1.807, 2.05) is 24.3 Å². The molecule has 1 unspecified atom stereocenters. The molecule has 1 heterocycles. The van der Waals surface area contributed by atoms with Crippen molar-refractivity contribution >= 4 is 18.0 Å². The van der Waals surface area contributed by atoms with Gasteiger partial charge in [-0.1, -0.05) is 24.3 Å². The first-order valence-electron chi connectivity index (χ1n) is 11.9. The molecule has 0 saturated heterocycles. The van der Waals surface area contributed by atoms with Gasteiger partial charge < -0.3 is 24.6 Å². The summed E-state index contributed by atoms with van der Waals surface area (Å²) in [4.78, 5) is 39.3. The smallest absolute Gasteiger partial charge is 0.410 e. The second-order valence-electron chi connectivity index (χ2n) is 9.56. The first-order valence-corrected chi connectivity index (χ1v) is 11.9. The monoisotopic (exact) mass is 498 g/mol. The van der Waals surface area contributed by atoms with Gasteiger partial charge in [-0.05, 0) is 63.4 Å². The van der Waals surface area contributed by atoms with E-state index in [1.54, 1.807) is 27.7 Å². The predicted molar refractivity (Wildman–Crippen MR) is 133 cm³/mol. The molecule has 0 aliphatic carbocycles. The van der Waals surface area contributed by atoms with Gasteiger partial charge >= 0.3 is 12.1 Å². The number of benzene rings is 2. The van der Waals surface area contributed by atoms with Gasteiger partial charge in [-0.25, -0.2) is 9.59 Å². The van der Waals surface area contributed by atoms with Crippen molar-refractivity contribution in [3.05, 3.63) is 64.7 Å². The number of rotatable bonds is 7. The maximum atomic E-state index is 13.0. The van der Waals surface area contributed by atoms with Crippen LogP contribution in [0.2, 0.25) is 0 Å². The number of hydrogen-bond donors (Lipinski definition) is 2. The number of carbonyl (C=O) groups is 3. The summed E-state index contributed by atoms with van der Waals surface area (Å²) in [7, 11) is 1.27. The molecule has 0 aromatic heterocycles. The Kier molecular flexibility index (Phi) is 8.57. The molecule has 0 saturated carbocycles. The molecule has 1 aliphatic rings. The van der Waals surface area contributed by atoms with Crippen LogP contribution in [-0.4, -0.2) is 66.0 Å². The largest absolute Gasteiger partial charge is 0.493 e. The zero-order valence-electron chi connectivity index (χ0n) is 21.4. The number of methoxy groups -OCH3 is 1. The molecule has 2 aromatic carbocycles. The Labute approximate surface area is 211 Å². The van der Waals surface area contributed by atoms with Crippen LogP contribution in [0, 0.1) is 0 Å². The molecular weight excluding hydrogens is 464 g/mol. The summed E-state index contributed by atoms with van der Waals surface area (Å²) in [5, 5.41) is 13.8. The molecule has 36 heavy (non-hydrogen) atoms. The highest BCUT2D eigenvalue weighted by atomic mass is 16.6. The fourth-order valence-electron chi connectivity index (χ4n) is 4.07. The lowest BCUT2D eigenvalue weighted by Crippen LogP contribution is -2.54. The van der Waals surface area contributed by atoms with Crippen molar-refractivity contribution in [3.8, 4) is 5.75 Å². The highest BCUT2D eigenvalue weighted by molar-refractivity contribution is 5.99. The Morgan fingerprint density at radius 1 is 1.14 bits per heavy atom. The van der Waals surface area contributed by atoms with Gasteiger partial charge in [0.25, 0.3) is 5.91 Å². The van der Waals surface area contributed by atoms with Gasteiger partial charge in [-0.2, -0.15) is 0 Å². The van der Waals surface area contributed by atoms with E-state index < -0.39 is 35.7 Å². The first-order chi connectivity index (χ1) is 17.0. The van der Waals surface area contributed by atoms with Crippen LogP contribution in [0.5, 0.6) is 5.75 Å². The van der Waals surface area contributed by atoms with Crippen molar-refractivity contribution in [3.63, 3.8) is 0 Å². The molecule has 0 spiro atoms. The second kappa shape index (κ2) is 11.4. The average Bonchev–Trinajstić information content (AvgIpc) is 2.84. The van der Waals surface area contributed by atoms with Crippen molar-refractivity contribution in [1.29, 1.82) is 0 Å². The number of aliphatic hydroxyl groups is 1. The zero-order valence-corrected chi connectivity index (χ0v) is 21.4. The van der Waals surface area contributed by atoms with Gasteiger partial charge in [0, 0.05) is 13.1 Å². The maximum absolute atomic E-state index is 13.0. The predicted octanol–water partition coefficient (Wildman–Crippen LogP) is 3.32. The lowest BCUT2D eigenvalue weighted by atomic mass is 9.91. The Morgan fingerprint density at radius 2 is 1.83 bits per heavy atom. The van der Waals surface area contributed by atoms with Gasteiger partial charge in [-0.3, -0.25) is 9.69 Å². The van der Waals surface area contributed by atoms with Crippen molar-refractivity contribution in [2.24, 2.45) is 0 Å². The van der Waals surface area contributed by atoms with Gasteiger partial charge in [0.2, 0.25) is 0 Å². The van der Waals surface area contributed by atoms with Gasteiger partial charge in [0.1, 0.15) is 11.4 Å². The van der Waals surface area contributed by atoms with Crippen LogP contribution in [-0.2, 0) is 22.4 Å². The number of aliphatic hydroxyl groups excluding tert-OH is 1. The molecule has 1 aliphatic heterocycles. The van der Waals surface area contributed by atoms with E-state index in [0.29, 0.717) is 19.6 Å². The summed E-state index contributed by atoms with van der Waals surface area (Å²) in [5.41, 5.74) is 1.80. The fraction of sp³-hybridized carbons (Fsp3) is 0.444. The minimum absolute atomic E-state index is 0.102. The maximum Gasteiger partial charge on any atom is 0.410 e. The Bertz CT molecular complexity index is 1110. The molecule has 9 nitrogen and oxygen atoms in total. The molecule has 2 N–H and O–H groups in total. The number of esters is 1. The molecule has 2 amide bonds. The third-order valence-corrected chi connectivity index (χ3v) is 5.78. The minimum Gasteiger partial charge on any atom is -0.493 e. The van der Waals surface area contributed by atoms with Crippen LogP contribution in [0.25, 0.3) is 0 Å². The minimum atomic E-state index is -1.06. The number of nitrogens with zero attached hydrogens (tertiary/aromatic N) is 1. The van der Waals surface area contributed by atoms with Crippen LogP contribution in [0.4, 0.5) is 4.79 Å². The van der Waals surface area contributed by atoms with Crippen LogP contribution < -0.4 is 10.1 Å². The fourth-order valence-corrected chi connectivity index (χ4v) is 4.07. The zero-order chi connectivity index (χ0) is 26.5. The van der Waals surface area contributed by atoms with Crippen LogP contribution in [0.1, 0.15) is 59.5 Å². The first kappa shape index (κ1) is 27.0. The molecule has 0 bridgehead atoms. The summed E-state index contributed by atoms with van der Waals surface area (Å²) in [6.07, 6.45) is -1.16. The normalized spacial score (nSPS) is 15.9. The van der Waals surface area contributed by atoms with Gasteiger partial charge in [0.15, 0.2) is 0 Å². The number of amides is 2. The quantitative estimate of drug-likeness (QED) is 0.563. The third kappa shape index (κ3) is 6.54. The molecule has 2 atom stereocenters. The highest BCUT2D eigenvalue weighted by Gasteiger charge is 2.37. The second-order valence-corrected chi connectivity index (χ2v) is 9.56. The number of carbonyl (C=O) groups excluding carboxylic acids is 3. The van der Waals surface area contributed by atoms with Crippen LogP contribution in [0.3, 0.4) is 0 Å². The number of nitrogens with one attached hydrogen (secondary N) is 1. The molecule has 3 rings (SSSR count). The summed E-state index contributed by atoms with van der Waals surface area (Å²) in [6, 6.07) is 11.5. The Hall–Kier alpha value is -3.59. The molecule has 194 valence electrons. The topological polar surface area (TPSA) is 114 Å². The van der Waals surface area contributed by atoms with Crippen molar-refractivity contribution in [1.82, 2.24) is 10.2 Å². The van der Waals surface area contributed by atoms with Crippen LogP contribution >= 0.6 is 0 Å². The number of fused-ring (bicyclic) bond motifs is 1. The van der Waals surface area contributed by atoms with Crippen molar-refractivity contribution in [2.45, 2.75) is 58.4 Å². The molecular formula is C27H34N2O7. The van der Waals surface area contributed by atoms with Crippen LogP contribution in [0.15, 0.2) is 42.5 Å². The molecule has 0 radical (unpaired) electrons. The third-order valence-electron chi connectivity index (χ3n) is 5.78. The summed E-state index contributed by atoms with van der Waals surface area (Å²) < 4.78 is 15.9. The standard InChI is InChI=1S/C27H34N2O7/c1-6-35-23-14-18(25(32)34-5)11-12-20(23)24(31)28-15-22(30)21-13-17-9-7-8-10-19(17)16-29(21)26(33)36-27(2,3)4/h7-12,14,21-22,30H,6,13,15-16H2,1-5H3,(H,28,31)/t21?,22-/m1/s1. The van der Waals surface area contributed by atoms with Crippen molar-refractivity contribution < 1.29 is 33.7 Å². The molecule has 9 heteroatoms. The van der Waals surface area contributed by atoms with E-state index in [1.165, 1.54) is 30.2 Å². The number of ether oxygens (including phenoxy) is 3. The molecule has 2 aromatic rings. The van der Waals surface area contributed by atoms with E-state index in [4.69, 9.17) is 14.2 Å². The van der Waals surface area contributed by atoms with E-state index in [2.05, 4.69) is 5.32 Å². The lowest BCUT2D eigenvalue weighted by molar-refractivity contribution is -0.0113. The highest BCUT2D eigenvalue weighted by Crippen LogP contribution is 2.27. The SMILES string of the molecule is CCOc1cc(C(=O)OC)ccc1C(=O)NC[C@@H](O)C1Cc2ccccc2CN1C(=O)OC(C)(C)C. The van der Waals surface area contributed by atoms with Gasteiger partial charge in [-0.15, -0.1) is 0 Å². The van der Waals surface area contributed by atoms with E-state index >= 15 is 0 Å². The van der Waals surface area contributed by atoms with E-state index in [-0.39, 0.29) is 23.4 Å². The Balaban J connectivity index is 1.77. The Morgan fingerprint density at radius 3 is 2.47 bits per heavy atom. The lowest BCUT2D eigenvalue weighted by Gasteiger charge is -2.40. The van der Waals surface area contributed by atoms with E-state index in [9.17, 15) is 19.5 Å². The number of hydrogen-bond acceptors (Lipinski definition) is 7. The van der Waals surface area contributed by atoms with E-state index in [0.717, 1.165) is 11.1 Å². The summed E-state index contributed by atoms with van der Waals surface area (Å²) in [6.45, 7) is 7.61. The van der Waals surface area contributed by atoms with Gasteiger partial charge in [0.05, 0.1) is 37.0 Å². The molecule has 0 fully saturated rings. The average molecular weight is 499 g/mol. The van der Waals surface area contributed by atoms with Crippen molar-refractivity contribution in [2.75, 3.05) is 20.3 Å². The summed E-state index contributed by atoms with van der Waals surface area (Å²) in [5.74, 6) is -0.790.